The van der Waals surface area contributed by atoms with E-state index in [1.165, 1.54) is 7.11 Å². The maximum Gasteiger partial charge on any atom is 0.345 e. The summed E-state index contributed by atoms with van der Waals surface area (Å²) in [6.07, 6.45) is -1.37. The molecule has 2 bridgehead atoms. The van der Waals surface area contributed by atoms with E-state index in [2.05, 4.69) is 4.90 Å². The van der Waals surface area contributed by atoms with Gasteiger partial charge in [-0.25, -0.2) is 4.79 Å². The number of likely N-dealkylation sites (N-methyl/N-ethyl adjacent to an activating group) is 1. The Morgan fingerprint density at radius 1 is 1.18 bits per heavy atom. The molecule has 5 atom stereocenters. The number of esters is 2. The first-order chi connectivity index (χ1) is 18.0. The molecule has 2 heterocycles. The monoisotopic (exact) mass is 531 g/mol. The smallest absolute Gasteiger partial charge is 0.345 e. The second-order valence-electron chi connectivity index (χ2n) is 10.2. The third-order valence-corrected chi connectivity index (χ3v) is 8.23. The summed E-state index contributed by atoms with van der Waals surface area (Å²) in [6, 6.07) is 3.66. The van der Waals surface area contributed by atoms with Crippen LogP contribution in [-0.2, 0) is 40.5 Å². The molecule has 1 spiro atoms. The van der Waals surface area contributed by atoms with Crippen LogP contribution < -0.4 is 9.47 Å². The van der Waals surface area contributed by atoms with Crippen LogP contribution in [0, 0.1) is 0 Å². The summed E-state index contributed by atoms with van der Waals surface area (Å²) in [5, 5.41) is 30.0. The van der Waals surface area contributed by atoms with Gasteiger partial charge in [0, 0.05) is 18.0 Å². The first kappa shape index (κ1) is 26.0. The molecule has 12 nitrogen and oxygen atoms in total. The zero-order valence-corrected chi connectivity index (χ0v) is 21.0. The molecular weight excluding hydrogens is 502 g/mol. The van der Waals surface area contributed by atoms with Crippen molar-refractivity contribution in [1.82, 2.24) is 4.90 Å². The highest BCUT2D eigenvalue weighted by Gasteiger charge is 2.72. The van der Waals surface area contributed by atoms with Crippen LogP contribution in [0.4, 0.5) is 0 Å². The number of methoxy groups -OCH3 is 1. The van der Waals surface area contributed by atoms with Crippen LogP contribution in [-0.4, -0.2) is 88.6 Å². The average molecular weight is 532 g/mol. The van der Waals surface area contributed by atoms with E-state index in [0.29, 0.717) is 30.9 Å². The van der Waals surface area contributed by atoms with Gasteiger partial charge in [0.05, 0.1) is 37.4 Å². The van der Waals surface area contributed by atoms with Crippen molar-refractivity contribution < 1.29 is 53.4 Å². The van der Waals surface area contributed by atoms with Crippen molar-refractivity contribution in [2.45, 2.75) is 67.8 Å². The van der Waals surface area contributed by atoms with E-state index >= 15 is 0 Å². The van der Waals surface area contributed by atoms with Crippen molar-refractivity contribution in [3.63, 3.8) is 0 Å². The van der Waals surface area contributed by atoms with Crippen LogP contribution in [0.5, 0.6) is 11.5 Å². The summed E-state index contributed by atoms with van der Waals surface area (Å²) in [6.45, 7) is 0.705. The number of likely N-dealkylation sites (tertiary alicyclic amines) is 1. The third kappa shape index (κ3) is 3.81. The molecule has 0 radical (unpaired) electrons. The summed E-state index contributed by atoms with van der Waals surface area (Å²) in [5.41, 5.74) is -0.0761. The molecule has 0 aromatic heterocycles. The average Bonchev–Trinajstić information content (AvgIpc) is 3.21. The van der Waals surface area contributed by atoms with Crippen LogP contribution in [0.3, 0.4) is 0 Å². The Morgan fingerprint density at radius 2 is 1.92 bits per heavy atom. The Labute approximate surface area is 217 Å². The number of rotatable bonds is 9. The van der Waals surface area contributed by atoms with Crippen molar-refractivity contribution in [3.05, 3.63) is 35.1 Å². The number of carboxylic acids is 2. The van der Waals surface area contributed by atoms with Gasteiger partial charge in [-0.3, -0.25) is 14.4 Å². The van der Waals surface area contributed by atoms with Crippen LogP contribution in [0.2, 0.25) is 0 Å². The number of carbonyl (C=O) groups excluding carboxylic acids is 2. The summed E-state index contributed by atoms with van der Waals surface area (Å²) in [4.78, 5) is 48.8. The van der Waals surface area contributed by atoms with Gasteiger partial charge in [0.15, 0.2) is 17.6 Å². The van der Waals surface area contributed by atoms with Crippen molar-refractivity contribution in [2.75, 3.05) is 20.7 Å². The Bertz CT molecular complexity index is 1240. The summed E-state index contributed by atoms with van der Waals surface area (Å²) < 4.78 is 22.3. The minimum absolute atomic E-state index is 0.162. The maximum absolute atomic E-state index is 12.7. The fourth-order valence-corrected chi connectivity index (χ4v) is 6.53. The molecule has 204 valence electrons. The molecule has 5 rings (SSSR count). The van der Waals surface area contributed by atoms with E-state index in [9.17, 15) is 24.3 Å². The van der Waals surface area contributed by atoms with Gasteiger partial charge in [-0.15, -0.1) is 0 Å². The lowest BCUT2D eigenvalue weighted by atomic mass is 9.50. The maximum atomic E-state index is 12.7. The van der Waals surface area contributed by atoms with Gasteiger partial charge in [-0.05, 0) is 44.1 Å². The van der Waals surface area contributed by atoms with Crippen molar-refractivity contribution in [2.24, 2.45) is 0 Å². The van der Waals surface area contributed by atoms with Gasteiger partial charge in [-0.1, -0.05) is 6.07 Å². The minimum Gasteiger partial charge on any atom is -0.493 e. The van der Waals surface area contributed by atoms with Crippen LogP contribution in [0.15, 0.2) is 24.0 Å². The lowest BCUT2D eigenvalue weighted by molar-refractivity contribution is -0.171. The highest BCUT2D eigenvalue weighted by atomic mass is 16.6. The number of carbonyl (C=O) groups is 4. The molecule has 1 aromatic carbocycles. The van der Waals surface area contributed by atoms with Crippen LogP contribution in [0.25, 0.3) is 0 Å². The van der Waals surface area contributed by atoms with Gasteiger partial charge in [0.2, 0.25) is 6.10 Å². The molecule has 1 saturated heterocycles. The van der Waals surface area contributed by atoms with E-state index < -0.39 is 66.4 Å². The van der Waals surface area contributed by atoms with Crippen LogP contribution >= 0.6 is 0 Å². The molecule has 0 unspecified atom stereocenters. The van der Waals surface area contributed by atoms with E-state index in [-0.39, 0.29) is 18.2 Å². The number of piperidine rings is 1. The molecule has 0 amide bonds. The lowest BCUT2D eigenvalue weighted by Crippen LogP contribution is -2.74. The van der Waals surface area contributed by atoms with E-state index in [1.807, 2.05) is 19.2 Å². The van der Waals surface area contributed by atoms with Gasteiger partial charge in [0.25, 0.3) is 0 Å². The van der Waals surface area contributed by atoms with Gasteiger partial charge in [-0.2, -0.15) is 0 Å². The molecule has 4 aliphatic rings. The Kier molecular flexibility index (Phi) is 6.35. The summed E-state index contributed by atoms with van der Waals surface area (Å²) in [5.74, 6) is -3.56. The van der Waals surface area contributed by atoms with Crippen molar-refractivity contribution in [1.29, 1.82) is 0 Å². The zero-order chi connectivity index (χ0) is 27.4. The molecule has 38 heavy (non-hydrogen) atoms. The van der Waals surface area contributed by atoms with Gasteiger partial charge in [0.1, 0.15) is 5.76 Å². The Morgan fingerprint density at radius 3 is 2.61 bits per heavy atom. The fourth-order valence-electron chi connectivity index (χ4n) is 6.53. The number of carboxylic acid groups (broad SMARTS) is 2. The first-order valence-electron chi connectivity index (χ1n) is 12.4. The third-order valence-electron chi connectivity index (χ3n) is 8.23. The molecule has 2 aliphatic heterocycles. The highest BCUT2D eigenvalue weighted by Crippen LogP contribution is 2.65. The number of benzene rings is 1. The Hall–Kier alpha value is -3.64. The predicted octanol–water partition coefficient (Wildman–Crippen LogP) is 0.767. The number of aliphatic hydroxyl groups is 1. The van der Waals surface area contributed by atoms with E-state index in [0.717, 1.165) is 11.1 Å². The number of aliphatic carboxylic acids is 2. The predicted molar refractivity (Wildman–Crippen MR) is 127 cm³/mol. The molecule has 1 aromatic rings. The number of hydrogen-bond acceptors (Lipinski definition) is 10. The number of hydrogen-bond donors (Lipinski definition) is 3. The fraction of sp³-hybridized carbons (Fsp3) is 0.538. The quantitative estimate of drug-likeness (QED) is 0.383. The lowest BCUT2D eigenvalue weighted by Gasteiger charge is -2.61. The molecule has 2 aliphatic carbocycles. The summed E-state index contributed by atoms with van der Waals surface area (Å²) in [7, 11) is 3.52. The topological polar surface area (TPSA) is 169 Å². The van der Waals surface area contributed by atoms with Crippen molar-refractivity contribution >= 4 is 23.9 Å². The molecular formula is C26H29NO11. The van der Waals surface area contributed by atoms with E-state index in [1.54, 1.807) is 6.08 Å². The SMILES string of the molecule is COc1ccc2c3c1O[C@H]1C(OC(=O)CCC(=O)O[C@H](CC(=O)O)C(=O)O)=CC[C@@]4(O)[C@@H](C2)N(C)CC[C@]314. The molecule has 12 heteroatoms. The normalized spacial score (nSPS) is 29.3. The minimum atomic E-state index is -1.85. The Balaban J connectivity index is 1.35. The standard InChI is InChI=1S/C26H29NO11/c1-27-10-9-25-21-13-3-4-14(35-2)22(21)38-23(25)15(7-8-26(25,34)17(27)11-13)36-19(30)5-6-20(31)37-16(24(32)33)12-18(28)29/h3-4,7,16-17,23,34H,5-6,8-12H2,1-2H3,(H,28,29)(H,32,33)/t16-,17-,23+,25+,26-/m1/s1. The zero-order valence-electron chi connectivity index (χ0n) is 21.0. The number of nitrogens with zero attached hydrogens (tertiary/aromatic N) is 1. The van der Waals surface area contributed by atoms with Crippen molar-refractivity contribution in [3.8, 4) is 11.5 Å². The molecule has 3 N–H and O–H groups in total. The largest absolute Gasteiger partial charge is 0.493 e. The number of ether oxygens (including phenoxy) is 4. The highest BCUT2D eigenvalue weighted by molar-refractivity contribution is 5.84. The van der Waals surface area contributed by atoms with Gasteiger partial charge < -0.3 is 39.2 Å². The van der Waals surface area contributed by atoms with Crippen LogP contribution in [0.1, 0.15) is 43.2 Å². The first-order valence-corrected chi connectivity index (χ1v) is 12.4. The second-order valence-corrected chi connectivity index (χ2v) is 10.2. The van der Waals surface area contributed by atoms with E-state index in [4.69, 9.17) is 29.2 Å². The second kappa shape index (κ2) is 9.28. The molecule has 1 fully saturated rings. The molecule has 0 saturated carbocycles. The summed E-state index contributed by atoms with van der Waals surface area (Å²) >= 11 is 0. The van der Waals surface area contributed by atoms with Gasteiger partial charge >= 0.3 is 23.9 Å².